The third-order valence-electron chi connectivity index (χ3n) is 6.73. The van der Waals surface area contributed by atoms with Crippen molar-refractivity contribution in [1.82, 2.24) is 10.6 Å². The van der Waals surface area contributed by atoms with E-state index in [1.807, 2.05) is 24.3 Å². The van der Waals surface area contributed by atoms with Gasteiger partial charge in [0, 0.05) is 12.0 Å². The molecule has 0 bridgehead atoms. The van der Waals surface area contributed by atoms with Crippen molar-refractivity contribution in [2.45, 2.75) is 57.0 Å². The van der Waals surface area contributed by atoms with Crippen LogP contribution in [0.25, 0.3) is 11.1 Å². The molecule has 0 saturated heterocycles. The van der Waals surface area contributed by atoms with E-state index in [2.05, 4.69) is 34.9 Å². The van der Waals surface area contributed by atoms with Crippen molar-refractivity contribution >= 4 is 18.0 Å². The summed E-state index contributed by atoms with van der Waals surface area (Å²) in [5.41, 5.74) is 4.60. The van der Waals surface area contributed by atoms with Crippen molar-refractivity contribution in [3.05, 3.63) is 59.7 Å². The number of hydrogen-bond donors (Lipinski definition) is 3. The van der Waals surface area contributed by atoms with E-state index in [0.29, 0.717) is 12.8 Å². The van der Waals surface area contributed by atoms with Crippen LogP contribution in [0.4, 0.5) is 4.79 Å². The second kappa shape index (κ2) is 10.1. The van der Waals surface area contributed by atoms with Crippen molar-refractivity contribution < 1.29 is 24.2 Å². The predicted molar refractivity (Wildman–Crippen MR) is 124 cm³/mol. The van der Waals surface area contributed by atoms with Gasteiger partial charge in [0.05, 0.1) is 5.92 Å². The van der Waals surface area contributed by atoms with Crippen LogP contribution in [-0.4, -0.2) is 41.8 Å². The summed E-state index contributed by atoms with van der Waals surface area (Å²) in [4.78, 5) is 36.6. The number of fused-ring (bicyclic) bond motifs is 3. The van der Waals surface area contributed by atoms with Gasteiger partial charge in [-0.25, -0.2) is 4.79 Å². The number of aliphatic carboxylic acids is 1. The molecule has 2 aromatic rings. The fourth-order valence-electron chi connectivity index (χ4n) is 4.97. The Morgan fingerprint density at radius 1 is 0.970 bits per heavy atom. The molecule has 3 N–H and O–H groups in total. The number of ether oxygens (including phenoxy) is 1. The van der Waals surface area contributed by atoms with E-state index in [9.17, 15) is 14.4 Å². The number of nitrogens with one attached hydrogen (secondary N) is 2. The maximum absolute atomic E-state index is 12.7. The second-order valence-corrected chi connectivity index (χ2v) is 8.89. The highest BCUT2D eigenvalue weighted by Crippen LogP contribution is 2.44. The lowest BCUT2D eigenvalue weighted by Crippen LogP contribution is -2.49. The number of carbonyl (C=O) groups is 3. The van der Waals surface area contributed by atoms with Crippen LogP contribution >= 0.6 is 0 Å². The number of benzene rings is 2. The second-order valence-electron chi connectivity index (χ2n) is 8.89. The van der Waals surface area contributed by atoms with Gasteiger partial charge in [-0.05, 0) is 42.0 Å². The van der Waals surface area contributed by atoms with Crippen LogP contribution in [0.15, 0.2) is 48.5 Å². The van der Waals surface area contributed by atoms with Crippen LogP contribution in [0.3, 0.4) is 0 Å². The lowest BCUT2D eigenvalue weighted by atomic mass is 9.93. The van der Waals surface area contributed by atoms with E-state index in [-0.39, 0.29) is 24.5 Å². The van der Waals surface area contributed by atoms with Gasteiger partial charge in [-0.2, -0.15) is 0 Å². The molecule has 0 spiro atoms. The number of carbonyl (C=O) groups excluding carboxylic acids is 2. The molecule has 0 heterocycles. The average Bonchev–Trinajstić information content (AvgIpc) is 2.94. The molecule has 2 aliphatic rings. The summed E-state index contributed by atoms with van der Waals surface area (Å²) in [7, 11) is 0. The summed E-state index contributed by atoms with van der Waals surface area (Å²) >= 11 is 0. The maximum atomic E-state index is 12.7. The van der Waals surface area contributed by atoms with Gasteiger partial charge >= 0.3 is 12.1 Å². The summed E-state index contributed by atoms with van der Waals surface area (Å²) in [6.45, 7) is 1.64. The van der Waals surface area contributed by atoms with Gasteiger partial charge in [0.2, 0.25) is 5.91 Å². The molecular weight excluding hydrogens is 420 g/mol. The fourth-order valence-corrected chi connectivity index (χ4v) is 4.97. The smallest absolute Gasteiger partial charge is 0.407 e. The van der Waals surface area contributed by atoms with Gasteiger partial charge in [-0.15, -0.1) is 0 Å². The van der Waals surface area contributed by atoms with Crippen LogP contribution in [0.2, 0.25) is 0 Å². The van der Waals surface area contributed by atoms with Crippen LogP contribution < -0.4 is 10.6 Å². The molecule has 2 aliphatic carbocycles. The molecule has 0 aromatic heterocycles. The SMILES string of the molecule is C[C@@H](NC(=O)[C@@H]1CCCCC[C@@H]1NC(=O)OCC1c2ccccc2-c2ccccc21)C(=O)O. The zero-order chi connectivity index (χ0) is 23.4. The van der Waals surface area contributed by atoms with Crippen LogP contribution in [-0.2, 0) is 14.3 Å². The third-order valence-corrected chi connectivity index (χ3v) is 6.73. The number of carboxylic acid groups (broad SMARTS) is 1. The summed E-state index contributed by atoms with van der Waals surface area (Å²) in [6, 6.07) is 14.9. The molecule has 0 radical (unpaired) electrons. The molecule has 7 nitrogen and oxygen atoms in total. The van der Waals surface area contributed by atoms with E-state index in [4.69, 9.17) is 9.84 Å². The average molecular weight is 451 g/mol. The van der Waals surface area contributed by atoms with Crippen molar-refractivity contribution in [2.24, 2.45) is 5.92 Å². The van der Waals surface area contributed by atoms with Gasteiger partial charge < -0.3 is 20.5 Å². The Hall–Kier alpha value is -3.35. The Morgan fingerprint density at radius 2 is 1.58 bits per heavy atom. The Bertz CT molecular complexity index is 991. The molecule has 0 unspecified atom stereocenters. The van der Waals surface area contributed by atoms with E-state index in [1.54, 1.807) is 0 Å². The highest BCUT2D eigenvalue weighted by atomic mass is 16.5. The first-order chi connectivity index (χ1) is 16.0. The molecule has 1 fully saturated rings. The van der Waals surface area contributed by atoms with Crippen LogP contribution in [0.1, 0.15) is 56.1 Å². The van der Waals surface area contributed by atoms with E-state index in [1.165, 1.54) is 6.92 Å². The molecule has 2 amide bonds. The zero-order valence-corrected chi connectivity index (χ0v) is 18.8. The molecule has 0 aliphatic heterocycles. The highest BCUT2D eigenvalue weighted by Gasteiger charge is 2.33. The number of amides is 2. The largest absolute Gasteiger partial charge is 0.480 e. The summed E-state index contributed by atoms with van der Waals surface area (Å²) in [5.74, 6) is -1.93. The standard InChI is InChI=1S/C26H30N2O5/c1-16(25(30)31)27-24(29)21-13-3-2-4-14-23(21)28-26(32)33-15-22-19-11-7-5-9-17(19)18-10-6-8-12-20(18)22/h5-12,16,21-23H,2-4,13-15H2,1H3,(H,27,29)(H,28,32)(H,30,31)/t16-,21-,23+/m1/s1. The molecule has 3 atom stereocenters. The predicted octanol–water partition coefficient (Wildman–Crippen LogP) is 4.06. The lowest BCUT2D eigenvalue weighted by molar-refractivity contribution is -0.142. The Morgan fingerprint density at radius 3 is 2.21 bits per heavy atom. The molecular formula is C26H30N2O5. The lowest BCUT2D eigenvalue weighted by Gasteiger charge is -2.26. The first-order valence-electron chi connectivity index (χ1n) is 11.6. The molecule has 4 rings (SSSR count). The third kappa shape index (κ3) is 5.02. The Kier molecular flexibility index (Phi) is 6.96. The van der Waals surface area contributed by atoms with Crippen molar-refractivity contribution in [3.8, 4) is 11.1 Å². The van der Waals surface area contributed by atoms with Crippen molar-refractivity contribution in [3.63, 3.8) is 0 Å². The van der Waals surface area contributed by atoms with Crippen molar-refractivity contribution in [2.75, 3.05) is 6.61 Å². The van der Waals surface area contributed by atoms with Crippen LogP contribution in [0.5, 0.6) is 0 Å². The highest BCUT2D eigenvalue weighted by molar-refractivity contribution is 5.85. The number of carboxylic acids is 1. The Labute approximate surface area is 193 Å². The molecule has 7 heteroatoms. The quantitative estimate of drug-likeness (QED) is 0.576. The van der Waals surface area contributed by atoms with Gasteiger partial charge in [-0.3, -0.25) is 9.59 Å². The number of hydrogen-bond acceptors (Lipinski definition) is 4. The van der Waals surface area contributed by atoms with E-state index >= 15 is 0 Å². The topological polar surface area (TPSA) is 105 Å². The first-order valence-corrected chi connectivity index (χ1v) is 11.6. The minimum absolute atomic E-state index is 0.0344. The van der Waals surface area contributed by atoms with Gasteiger partial charge in [0.25, 0.3) is 0 Å². The normalized spacial score (nSPS) is 20.6. The Balaban J connectivity index is 1.41. The first kappa shape index (κ1) is 22.8. The molecule has 33 heavy (non-hydrogen) atoms. The zero-order valence-electron chi connectivity index (χ0n) is 18.8. The molecule has 2 aromatic carbocycles. The van der Waals surface area contributed by atoms with Gasteiger partial charge in [0.15, 0.2) is 0 Å². The van der Waals surface area contributed by atoms with Gasteiger partial charge in [0.1, 0.15) is 12.6 Å². The minimum Gasteiger partial charge on any atom is -0.480 e. The number of alkyl carbamates (subject to hydrolysis) is 1. The molecule has 174 valence electrons. The summed E-state index contributed by atoms with van der Waals surface area (Å²) < 4.78 is 5.65. The van der Waals surface area contributed by atoms with Crippen LogP contribution in [0, 0.1) is 5.92 Å². The summed E-state index contributed by atoms with van der Waals surface area (Å²) in [6.07, 6.45) is 3.44. The van der Waals surface area contributed by atoms with E-state index < -0.39 is 24.0 Å². The minimum atomic E-state index is -1.09. The van der Waals surface area contributed by atoms with Crippen molar-refractivity contribution in [1.29, 1.82) is 0 Å². The fraction of sp³-hybridized carbons (Fsp3) is 0.423. The maximum Gasteiger partial charge on any atom is 0.407 e. The van der Waals surface area contributed by atoms with E-state index in [0.717, 1.165) is 41.5 Å². The molecule has 1 saturated carbocycles. The number of rotatable bonds is 6. The van der Waals surface area contributed by atoms with Gasteiger partial charge in [-0.1, -0.05) is 67.8 Å². The summed E-state index contributed by atoms with van der Waals surface area (Å²) in [5, 5.41) is 14.5. The monoisotopic (exact) mass is 450 g/mol.